The molecule has 5 heteroatoms. The molecule has 0 fully saturated rings. The molecule has 19 heavy (non-hydrogen) atoms. The van der Waals surface area contributed by atoms with E-state index in [9.17, 15) is 4.79 Å². The van der Waals surface area contributed by atoms with Crippen LogP contribution in [-0.2, 0) is 11.3 Å². The second-order valence-corrected chi connectivity index (χ2v) is 4.35. The molecule has 2 aromatic heterocycles. The van der Waals surface area contributed by atoms with E-state index in [2.05, 4.69) is 9.97 Å². The van der Waals surface area contributed by atoms with E-state index in [-0.39, 0.29) is 6.61 Å². The van der Waals surface area contributed by atoms with Gasteiger partial charge in [0.1, 0.15) is 6.61 Å². The predicted molar refractivity (Wildman–Crippen MR) is 71.5 cm³/mol. The Morgan fingerprint density at radius 3 is 2.79 bits per heavy atom. The normalized spacial score (nSPS) is 10.2. The SMILES string of the molecule is Cc1cncc(COC(=O)c2cc(N)cnc2C)c1. The van der Waals surface area contributed by atoms with Gasteiger partial charge in [-0.15, -0.1) is 0 Å². The average molecular weight is 257 g/mol. The number of esters is 1. The zero-order valence-electron chi connectivity index (χ0n) is 10.9. The van der Waals surface area contributed by atoms with Crippen molar-refractivity contribution in [2.45, 2.75) is 20.5 Å². The third-order valence-corrected chi connectivity index (χ3v) is 2.63. The average Bonchev–Trinajstić information content (AvgIpc) is 2.39. The zero-order chi connectivity index (χ0) is 13.8. The van der Waals surface area contributed by atoms with Gasteiger partial charge in [-0.25, -0.2) is 4.79 Å². The molecule has 2 heterocycles. The van der Waals surface area contributed by atoms with Crippen molar-refractivity contribution in [2.75, 3.05) is 5.73 Å². The number of carbonyl (C=O) groups is 1. The summed E-state index contributed by atoms with van der Waals surface area (Å²) in [7, 11) is 0. The summed E-state index contributed by atoms with van der Waals surface area (Å²) in [5, 5.41) is 0. The van der Waals surface area contributed by atoms with Crippen molar-refractivity contribution >= 4 is 11.7 Å². The smallest absolute Gasteiger partial charge is 0.340 e. The Balaban J connectivity index is 2.07. The van der Waals surface area contributed by atoms with Crippen LogP contribution in [0.5, 0.6) is 0 Å². The first-order chi connectivity index (χ1) is 9.06. The largest absolute Gasteiger partial charge is 0.457 e. The van der Waals surface area contributed by atoms with Gasteiger partial charge in [0.15, 0.2) is 0 Å². The molecule has 2 rings (SSSR count). The lowest BCUT2D eigenvalue weighted by Gasteiger charge is -2.07. The number of carbonyl (C=O) groups excluding carboxylic acids is 1. The summed E-state index contributed by atoms with van der Waals surface area (Å²) in [6.45, 7) is 3.86. The lowest BCUT2D eigenvalue weighted by Crippen LogP contribution is -2.09. The molecule has 0 unspecified atom stereocenters. The molecule has 0 aliphatic rings. The quantitative estimate of drug-likeness (QED) is 0.851. The Labute approximate surface area is 111 Å². The van der Waals surface area contributed by atoms with E-state index in [1.165, 1.54) is 6.20 Å². The molecule has 0 atom stereocenters. The number of ether oxygens (including phenoxy) is 1. The van der Waals surface area contributed by atoms with Gasteiger partial charge in [0, 0.05) is 18.0 Å². The number of anilines is 1. The number of aryl methyl sites for hydroxylation is 2. The van der Waals surface area contributed by atoms with Crippen LogP contribution in [0.3, 0.4) is 0 Å². The van der Waals surface area contributed by atoms with Crippen molar-refractivity contribution in [2.24, 2.45) is 0 Å². The van der Waals surface area contributed by atoms with Crippen LogP contribution in [0.25, 0.3) is 0 Å². The lowest BCUT2D eigenvalue weighted by molar-refractivity contribution is 0.0471. The minimum Gasteiger partial charge on any atom is -0.457 e. The Kier molecular flexibility index (Phi) is 3.75. The number of nitrogens with two attached hydrogens (primary N) is 1. The topological polar surface area (TPSA) is 78.1 Å². The summed E-state index contributed by atoms with van der Waals surface area (Å²) in [5.74, 6) is -0.432. The van der Waals surface area contributed by atoms with E-state index in [0.29, 0.717) is 16.9 Å². The highest BCUT2D eigenvalue weighted by molar-refractivity contribution is 5.91. The van der Waals surface area contributed by atoms with Gasteiger partial charge in [-0.3, -0.25) is 9.97 Å². The van der Waals surface area contributed by atoms with Crippen molar-refractivity contribution in [1.29, 1.82) is 0 Å². The first-order valence-corrected chi connectivity index (χ1v) is 5.86. The highest BCUT2D eigenvalue weighted by atomic mass is 16.5. The van der Waals surface area contributed by atoms with Crippen molar-refractivity contribution in [3.8, 4) is 0 Å². The first-order valence-electron chi connectivity index (χ1n) is 5.86. The molecule has 0 amide bonds. The van der Waals surface area contributed by atoms with Crippen LogP contribution in [0.1, 0.15) is 27.2 Å². The summed E-state index contributed by atoms with van der Waals surface area (Å²) in [6.07, 6.45) is 4.93. The van der Waals surface area contributed by atoms with Gasteiger partial charge in [0.25, 0.3) is 0 Å². The van der Waals surface area contributed by atoms with Gasteiger partial charge in [0.05, 0.1) is 23.1 Å². The number of rotatable bonds is 3. The van der Waals surface area contributed by atoms with Crippen LogP contribution in [0.2, 0.25) is 0 Å². The minimum absolute atomic E-state index is 0.182. The Morgan fingerprint density at radius 2 is 2.05 bits per heavy atom. The minimum atomic E-state index is -0.432. The maximum Gasteiger partial charge on any atom is 0.340 e. The Bertz CT molecular complexity index is 611. The molecule has 0 radical (unpaired) electrons. The van der Waals surface area contributed by atoms with Crippen molar-refractivity contribution < 1.29 is 9.53 Å². The number of pyridine rings is 2. The van der Waals surface area contributed by atoms with Gasteiger partial charge < -0.3 is 10.5 Å². The van der Waals surface area contributed by atoms with Gasteiger partial charge in [-0.1, -0.05) is 0 Å². The summed E-state index contributed by atoms with van der Waals surface area (Å²) in [6, 6.07) is 3.49. The third kappa shape index (κ3) is 3.28. The fourth-order valence-electron chi connectivity index (χ4n) is 1.68. The number of aromatic nitrogens is 2. The molecule has 0 spiro atoms. The number of nitrogens with zero attached hydrogens (tertiary/aromatic N) is 2. The lowest BCUT2D eigenvalue weighted by atomic mass is 10.2. The van der Waals surface area contributed by atoms with Crippen molar-refractivity contribution in [3.63, 3.8) is 0 Å². The molecule has 5 nitrogen and oxygen atoms in total. The van der Waals surface area contributed by atoms with Crippen molar-refractivity contribution in [1.82, 2.24) is 9.97 Å². The maximum absolute atomic E-state index is 11.9. The molecular formula is C14H15N3O2. The summed E-state index contributed by atoms with van der Waals surface area (Å²) in [4.78, 5) is 20.0. The molecule has 0 bridgehead atoms. The second-order valence-electron chi connectivity index (χ2n) is 4.35. The molecule has 98 valence electrons. The molecule has 0 aromatic carbocycles. The van der Waals surface area contributed by atoms with Crippen LogP contribution in [0, 0.1) is 13.8 Å². The third-order valence-electron chi connectivity index (χ3n) is 2.63. The zero-order valence-corrected chi connectivity index (χ0v) is 10.9. The molecule has 0 saturated carbocycles. The number of hydrogen-bond donors (Lipinski definition) is 1. The predicted octanol–water partition coefficient (Wildman–Crippen LogP) is 2.03. The Hall–Kier alpha value is -2.43. The van der Waals surface area contributed by atoms with Crippen molar-refractivity contribution in [3.05, 3.63) is 53.1 Å². The van der Waals surface area contributed by atoms with E-state index in [1.807, 2.05) is 13.0 Å². The fraction of sp³-hybridized carbons (Fsp3) is 0.214. The van der Waals surface area contributed by atoms with Gasteiger partial charge in [-0.2, -0.15) is 0 Å². The van der Waals surface area contributed by atoms with E-state index in [1.54, 1.807) is 25.4 Å². The summed E-state index contributed by atoms with van der Waals surface area (Å²) < 4.78 is 5.23. The van der Waals surface area contributed by atoms with E-state index in [0.717, 1.165) is 11.1 Å². The van der Waals surface area contributed by atoms with Gasteiger partial charge in [0.2, 0.25) is 0 Å². The van der Waals surface area contributed by atoms with E-state index in [4.69, 9.17) is 10.5 Å². The van der Waals surface area contributed by atoms with Crippen LogP contribution in [0.4, 0.5) is 5.69 Å². The summed E-state index contributed by atoms with van der Waals surface area (Å²) >= 11 is 0. The highest BCUT2D eigenvalue weighted by Gasteiger charge is 2.12. The maximum atomic E-state index is 11.9. The van der Waals surface area contributed by atoms with Crippen LogP contribution >= 0.6 is 0 Å². The molecular weight excluding hydrogens is 242 g/mol. The van der Waals surface area contributed by atoms with E-state index >= 15 is 0 Å². The van der Waals surface area contributed by atoms with E-state index < -0.39 is 5.97 Å². The van der Waals surface area contributed by atoms with Crippen LogP contribution in [0.15, 0.2) is 30.7 Å². The number of nitrogen functional groups attached to an aromatic ring is 1. The van der Waals surface area contributed by atoms with Crippen LogP contribution in [-0.4, -0.2) is 15.9 Å². The summed E-state index contributed by atoms with van der Waals surface area (Å²) in [5.41, 5.74) is 8.91. The monoisotopic (exact) mass is 257 g/mol. The molecule has 2 aromatic rings. The second kappa shape index (κ2) is 5.48. The first kappa shape index (κ1) is 13.0. The molecule has 2 N–H and O–H groups in total. The highest BCUT2D eigenvalue weighted by Crippen LogP contribution is 2.12. The number of hydrogen-bond acceptors (Lipinski definition) is 5. The molecule has 0 aliphatic carbocycles. The molecule has 0 aliphatic heterocycles. The molecule has 0 saturated heterocycles. The van der Waals surface area contributed by atoms with Gasteiger partial charge >= 0.3 is 5.97 Å². The van der Waals surface area contributed by atoms with Gasteiger partial charge in [-0.05, 0) is 31.5 Å². The van der Waals surface area contributed by atoms with Crippen LogP contribution < -0.4 is 5.73 Å². The fourth-order valence-corrected chi connectivity index (χ4v) is 1.68. The standard InChI is InChI=1S/C14H15N3O2/c1-9-3-11(6-16-5-9)8-19-14(18)13-4-12(15)7-17-10(13)2/h3-7H,8,15H2,1-2H3. The Morgan fingerprint density at radius 1 is 1.26 bits per heavy atom.